The molecule has 0 atom stereocenters. The molecule has 0 radical (unpaired) electrons. The van der Waals surface area contributed by atoms with Crippen LogP contribution in [0.2, 0.25) is 0 Å². The lowest BCUT2D eigenvalue weighted by atomic mass is 10.1. The fourth-order valence-corrected chi connectivity index (χ4v) is 4.28. The molecule has 4 heterocycles. The summed E-state index contributed by atoms with van der Waals surface area (Å²) in [7, 11) is 0. The number of hydrogen-bond donors (Lipinski definition) is 2. The SMILES string of the molecule is NC(=O)c1cc(-c2cnc(Nc3ccc(CC(=O)Cc4ccccc4)nc3)c3ncnn23)cs1. The lowest BCUT2D eigenvalue weighted by Crippen LogP contribution is -2.08. The van der Waals surface area contributed by atoms with Gasteiger partial charge in [0, 0.05) is 29.5 Å². The van der Waals surface area contributed by atoms with Crippen LogP contribution < -0.4 is 11.1 Å². The van der Waals surface area contributed by atoms with E-state index in [4.69, 9.17) is 5.73 Å². The Labute approximate surface area is 198 Å². The first-order valence-electron chi connectivity index (χ1n) is 10.4. The first-order valence-corrected chi connectivity index (χ1v) is 11.3. The molecule has 5 aromatic rings. The van der Waals surface area contributed by atoms with Crippen LogP contribution in [0.5, 0.6) is 0 Å². The van der Waals surface area contributed by atoms with Crippen molar-refractivity contribution in [2.45, 2.75) is 12.8 Å². The third kappa shape index (κ3) is 4.52. The topological polar surface area (TPSA) is 128 Å². The van der Waals surface area contributed by atoms with Crippen LogP contribution in [-0.2, 0) is 17.6 Å². The van der Waals surface area contributed by atoms with Gasteiger partial charge in [-0.2, -0.15) is 5.10 Å². The van der Waals surface area contributed by atoms with E-state index >= 15 is 0 Å². The van der Waals surface area contributed by atoms with Crippen LogP contribution in [0.1, 0.15) is 20.9 Å². The molecule has 0 aliphatic rings. The number of aromatic nitrogens is 5. The summed E-state index contributed by atoms with van der Waals surface area (Å²) in [4.78, 5) is 37.5. The summed E-state index contributed by atoms with van der Waals surface area (Å²) >= 11 is 1.26. The average molecular weight is 470 g/mol. The van der Waals surface area contributed by atoms with Crippen LogP contribution in [0.4, 0.5) is 11.5 Å². The molecular weight excluding hydrogens is 450 g/mol. The van der Waals surface area contributed by atoms with E-state index in [-0.39, 0.29) is 12.2 Å². The standard InChI is InChI=1S/C24H19N7O2S/c25-22(33)21-9-16(13-34-21)20-12-27-23(24-28-14-29-31(20)24)30-18-7-6-17(26-11-18)10-19(32)8-15-4-2-1-3-5-15/h1-7,9,11-14H,8,10H2,(H2,25,33)(H,27,30). The Hall–Kier alpha value is -4.44. The number of carbonyl (C=O) groups is 2. The zero-order valence-electron chi connectivity index (χ0n) is 17.9. The van der Waals surface area contributed by atoms with Crippen molar-refractivity contribution in [2.75, 3.05) is 5.32 Å². The first kappa shape index (κ1) is 21.4. The molecule has 1 aromatic carbocycles. The van der Waals surface area contributed by atoms with Crippen LogP contribution >= 0.6 is 11.3 Å². The number of ketones is 1. The first-order chi connectivity index (χ1) is 16.6. The van der Waals surface area contributed by atoms with Gasteiger partial charge in [0.15, 0.2) is 11.5 Å². The maximum Gasteiger partial charge on any atom is 0.258 e. The Morgan fingerprint density at radius 2 is 1.85 bits per heavy atom. The van der Waals surface area contributed by atoms with E-state index in [1.165, 1.54) is 17.7 Å². The van der Waals surface area contributed by atoms with Crippen LogP contribution in [0, 0.1) is 0 Å². The fraction of sp³-hybridized carbons (Fsp3) is 0.0833. The molecule has 168 valence electrons. The van der Waals surface area contributed by atoms with Gasteiger partial charge in [0.25, 0.3) is 5.91 Å². The summed E-state index contributed by atoms with van der Waals surface area (Å²) in [6.45, 7) is 0. The summed E-state index contributed by atoms with van der Waals surface area (Å²) in [5.74, 6) is 0.131. The van der Waals surface area contributed by atoms with E-state index in [1.54, 1.807) is 23.0 Å². The predicted octanol–water partition coefficient (Wildman–Crippen LogP) is 3.44. The minimum absolute atomic E-state index is 0.106. The second-order valence-electron chi connectivity index (χ2n) is 7.59. The largest absolute Gasteiger partial charge is 0.365 e. The molecule has 4 aromatic heterocycles. The number of pyridine rings is 1. The van der Waals surface area contributed by atoms with Crippen molar-refractivity contribution in [3.63, 3.8) is 0 Å². The highest BCUT2D eigenvalue weighted by atomic mass is 32.1. The number of thiophene rings is 1. The molecule has 0 bridgehead atoms. The third-order valence-corrected chi connectivity index (χ3v) is 6.10. The maximum absolute atomic E-state index is 12.4. The lowest BCUT2D eigenvalue weighted by Gasteiger charge is -2.09. The van der Waals surface area contributed by atoms with Gasteiger partial charge in [-0.3, -0.25) is 14.6 Å². The Morgan fingerprint density at radius 1 is 1.00 bits per heavy atom. The lowest BCUT2D eigenvalue weighted by molar-refractivity contribution is -0.117. The summed E-state index contributed by atoms with van der Waals surface area (Å²) in [6, 6.07) is 15.0. The molecule has 0 spiro atoms. The number of nitrogens with zero attached hydrogens (tertiary/aromatic N) is 5. The van der Waals surface area contributed by atoms with E-state index in [2.05, 4.69) is 25.4 Å². The van der Waals surface area contributed by atoms with Gasteiger partial charge in [-0.25, -0.2) is 14.5 Å². The Bertz CT molecular complexity index is 1480. The number of benzene rings is 1. The highest BCUT2D eigenvalue weighted by Crippen LogP contribution is 2.27. The fourth-order valence-electron chi connectivity index (χ4n) is 3.53. The summed E-state index contributed by atoms with van der Waals surface area (Å²) in [5.41, 5.74) is 9.75. The molecule has 0 aliphatic carbocycles. The number of carbonyl (C=O) groups excluding carboxylic acids is 2. The molecule has 0 unspecified atom stereocenters. The highest BCUT2D eigenvalue weighted by Gasteiger charge is 2.15. The molecule has 0 saturated carbocycles. The van der Waals surface area contributed by atoms with Crippen molar-refractivity contribution in [1.29, 1.82) is 0 Å². The zero-order valence-corrected chi connectivity index (χ0v) is 18.7. The minimum Gasteiger partial charge on any atom is -0.365 e. The Morgan fingerprint density at radius 3 is 2.59 bits per heavy atom. The third-order valence-electron chi connectivity index (χ3n) is 5.15. The monoisotopic (exact) mass is 469 g/mol. The predicted molar refractivity (Wildman–Crippen MR) is 129 cm³/mol. The maximum atomic E-state index is 12.4. The van der Waals surface area contributed by atoms with Crippen molar-refractivity contribution < 1.29 is 9.59 Å². The van der Waals surface area contributed by atoms with Gasteiger partial charge in [0.2, 0.25) is 0 Å². The average Bonchev–Trinajstić information content (AvgIpc) is 3.52. The second-order valence-corrected chi connectivity index (χ2v) is 8.50. The van der Waals surface area contributed by atoms with Crippen molar-refractivity contribution in [3.05, 3.63) is 88.8 Å². The molecule has 34 heavy (non-hydrogen) atoms. The number of primary amides is 1. The summed E-state index contributed by atoms with van der Waals surface area (Å²) < 4.78 is 1.65. The Kier molecular flexibility index (Phi) is 5.79. The van der Waals surface area contributed by atoms with Crippen LogP contribution in [0.25, 0.3) is 16.9 Å². The quantitative estimate of drug-likeness (QED) is 0.356. The number of fused-ring (bicyclic) bond motifs is 1. The minimum atomic E-state index is -0.477. The van der Waals surface area contributed by atoms with Crippen LogP contribution in [0.15, 0.2) is 72.6 Å². The van der Waals surface area contributed by atoms with E-state index in [0.717, 1.165) is 11.1 Å². The van der Waals surface area contributed by atoms with Gasteiger partial charge < -0.3 is 11.1 Å². The van der Waals surface area contributed by atoms with Crippen molar-refractivity contribution >= 4 is 40.2 Å². The van der Waals surface area contributed by atoms with Gasteiger partial charge in [0.1, 0.15) is 12.1 Å². The van der Waals surface area contributed by atoms with E-state index < -0.39 is 5.91 Å². The number of nitrogens with two attached hydrogens (primary N) is 1. The second kappa shape index (κ2) is 9.20. The van der Waals surface area contributed by atoms with Gasteiger partial charge in [-0.1, -0.05) is 30.3 Å². The van der Waals surface area contributed by atoms with Crippen LogP contribution in [0.3, 0.4) is 0 Å². The number of anilines is 2. The molecule has 3 N–H and O–H groups in total. The molecule has 0 saturated heterocycles. The smallest absolute Gasteiger partial charge is 0.258 e. The number of Topliss-reactive ketones (excluding diaryl/α,β-unsaturated/α-hetero) is 1. The van der Waals surface area contributed by atoms with Crippen molar-refractivity contribution in [1.82, 2.24) is 24.6 Å². The number of amides is 1. The molecule has 0 aliphatic heterocycles. The molecule has 0 fully saturated rings. The molecule has 9 nitrogen and oxygen atoms in total. The van der Waals surface area contributed by atoms with Gasteiger partial charge >= 0.3 is 0 Å². The van der Waals surface area contributed by atoms with Crippen LogP contribution in [-0.4, -0.2) is 36.3 Å². The number of rotatable bonds is 8. The number of hydrogen-bond acceptors (Lipinski definition) is 8. The zero-order chi connectivity index (χ0) is 23.5. The van der Waals surface area contributed by atoms with Crippen molar-refractivity contribution in [3.8, 4) is 11.3 Å². The normalized spacial score (nSPS) is 10.9. The van der Waals surface area contributed by atoms with E-state index in [0.29, 0.717) is 39.8 Å². The summed E-state index contributed by atoms with van der Waals surface area (Å²) in [5, 5.41) is 9.32. The van der Waals surface area contributed by atoms with Gasteiger partial charge in [-0.15, -0.1) is 11.3 Å². The summed E-state index contributed by atoms with van der Waals surface area (Å²) in [6.07, 6.45) is 5.40. The van der Waals surface area contributed by atoms with E-state index in [9.17, 15) is 9.59 Å². The molecular formula is C24H19N7O2S. The van der Waals surface area contributed by atoms with Crippen molar-refractivity contribution in [2.24, 2.45) is 5.73 Å². The molecule has 1 amide bonds. The molecule has 5 rings (SSSR count). The van der Waals surface area contributed by atoms with E-state index in [1.807, 2.05) is 47.8 Å². The highest BCUT2D eigenvalue weighted by molar-refractivity contribution is 7.12. The Balaban J connectivity index is 1.31. The van der Waals surface area contributed by atoms with Gasteiger partial charge in [0.05, 0.1) is 28.7 Å². The van der Waals surface area contributed by atoms with Gasteiger partial charge in [-0.05, 0) is 23.8 Å². The number of nitrogens with one attached hydrogen (secondary N) is 1. The molecule has 10 heteroatoms.